The highest BCUT2D eigenvalue weighted by Crippen LogP contribution is 2.37. The monoisotopic (exact) mass is 357 g/mol. The topological polar surface area (TPSA) is 97.8 Å². The van der Waals surface area contributed by atoms with E-state index in [2.05, 4.69) is 10.3 Å². The smallest absolute Gasteiger partial charge is 0.356 e. The molecule has 1 aliphatic rings. The molecule has 8 heteroatoms. The molecule has 1 aromatic heterocycles. The summed E-state index contributed by atoms with van der Waals surface area (Å²) in [6, 6.07) is 4.86. The van der Waals surface area contributed by atoms with Gasteiger partial charge in [0.25, 0.3) is 0 Å². The fraction of sp³-hybridized carbons (Fsp3) is 0.333. The van der Waals surface area contributed by atoms with E-state index in [-0.39, 0.29) is 23.2 Å². The molecule has 2 heterocycles. The van der Waals surface area contributed by atoms with Crippen molar-refractivity contribution in [3.63, 3.8) is 0 Å². The van der Waals surface area contributed by atoms with E-state index < -0.39 is 11.9 Å². The maximum Gasteiger partial charge on any atom is 0.356 e. The molecule has 136 valence electrons. The van der Waals surface area contributed by atoms with Crippen LogP contribution in [0.5, 0.6) is 0 Å². The number of hydrogen-bond donors (Lipinski definition) is 1. The van der Waals surface area contributed by atoms with Gasteiger partial charge in [0.1, 0.15) is 5.69 Å². The number of amides is 1. The Morgan fingerprint density at radius 3 is 2.58 bits per heavy atom. The Morgan fingerprint density at radius 2 is 1.92 bits per heavy atom. The number of hydrogen-bond acceptors (Lipinski definition) is 7. The molecule has 0 bridgehead atoms. The van der Waals surface area contributed by atoms with Crippen LogP contribution in [-0.2, 0) is 14.3 Å². The predicted octanol–water partition coefficient (Wildman–Crippen LogP) is 1.97. The van der Waals surface area contributed by atoms with Crippen molar-refractivity contribution >= 4 is 40.1 Å². The maximum atomic E-state index is 12.2. The molecule has 1 unspecified atom stereocenters. The molecule has 0 fully saturated rings. The van der Waals surface area contributed by atoms with Crippen LogP contribution in [0, 0.1) is 0 Å². The number of pyridine rings is 1. The quantitative estimate of drug-likeness (QED) is 0.821. The molecule has 1 atom stereocenters. The molecule has 0 saturated carbocycles. The molecule has 1 amide bonds. The summed E-state index contributed by atoms with van der Waals surface area (Å²) in [7, 11) is 4.36. The van der Waals surface area contributed by atoms with Gasteiger partial charge in [-0.25, -0.2) is 14.6 Å². The Kier molecular flexibility index (Phi) is 4.50. The Balaban J connectivity index is 2.37. The van der Waals surface area contributed by atoms with Gasteiger partial charge in [0.15, 0.2) is 0 Å². The van der Waals surface area contributed by atoms with Crippen LogP contribution >= 0.6 is 0 Å². The van der Waals surface area contributed by atoms with Crippen LogP contribution < -0.4 is 10.2 Å². The number of esters is 2. The van der Waals surface area contributed by atoms with E-state index in [4.69, 9.17) is 9.47 Å². The van der Waals surface area contributed by atoms with Gasteiger partial charge in [0.05, 0.1) is 36.7 Å². The molecule has 0 aliphatic carbocycles. The normalized spacial score (nSPS) is 16.5. The largest absolute Gasteiger partial charge is 0.465 e. The lowest BCUT2D eigenvalue weighted by molar-refractivity contribution is -0.116. The maximum absolute atomic E-state index is 12.2. The predicted molar refractivity (Wildman–Crippen MR) is 95.5 cm³/mol. The molecule has 1 aliphatic heterocycles. The van der Waals surface area contributed by atoms with E-state index in [0.29, 0.717) is 23.0 Å². The molecule has 0 saturated heterocycles. The molecular weight excluding hydrogens is 338 g/mol. The Morgan fingerprint density at radius 1 is 1.23 bits per heavy atom. The number of rotatable bonds is 2. The number of carbonyl (C=O) groups is 3. The number of fused-ring (bicyclic) bond motifs is 3. The number of methoxy groups -OCH3 is 2. The van der Waals surface area contributed by atoms with E-state index in [9.17, 15) is 14.4 Å². The molecular formula is C18H19N3O5. The molecule has 0 spiro atoms. The van der Waals surface area contributed by atoms with Crippen LogP contribution in [0.25, 0.3) is 10.9 Å². The zero-order valence-electron chi connectivity index (χ0n) is 15.0. The van der Waals surface area contributed by atoms with Gasteiger partial charge in [-0.15, -0.1) is 0 Å². The first kappa shape index (κ1) is 17.7. The zero-order chi connectivity index (χ0) is 19.0. The first-order valence-electron chi connectivity index (χ1n) is 8.04. The van der Waals surface area contributed by atoms with Crippen LogP contribution in [0.1, 0.15) is 34.2 Å². The van der Waals surface area contributed by atoms with Gasteiger partial charge in [-0.05, 0) is 25.1 Å². The number of carbonyl (C=O) groups excluding carboxylic acids is 3. The fourth-order valence-electron chi connectivity index (χ4n) is 3.02. The highest BCUT2D eigenvalue weighted by molar-refractivity contribution is 6.13. The van der Waals surface area contributed by atoms with Gasteiger partial charge in [0.2, 0.25) is 5.91 Å². The van der Waals surface area contributed by atoms with E-state index in [1.807, 2.05) is 24.9 Å². The van der Waals surface area contributed by atoms with Crippen LogP contribution in [0.4, 0.5) is 11.4 Å². The van der Waals surface area contributed by atoms with E-state index >= 15 is 0 Å². The van der Waals surface area contributed by atoms with E-state index in [1.54, 1.807) is 6.07 Å². The number of nitrogens with one attached hydrogen (secondary N) is 1. The number of aromatic nitrogens is 1. The molecule has 3 rings (SSSR count). The molecule has 1 N–H and O–H groups in total. The SMILES string of the molecule is COC(=O)c1cc(C(=O)OC)c2ccc3c(c2n1)NC(=O)CC(C)N3C. The summed E-state index contributed by atoms with van der Waals surface area (Å²) in [5.74, 6) is -1.46. The second-order valence-electron chi connectivity index (χ2n) is 6.11. The lowest BCUT2D eigenvalue weighted by atomic mass is 10.0. The summed E-state index contributed by atoms with van der Waals surface area (Å²) in [5, 5.41) is 3.33. The third-order valence-corrected chi connectivity index (χ3v) is 4.55. The van der Waals surface area contributed by atoms with Crippen molar-refractivity contribution in [2.75, 3.05) is 31.5 Å². The lowest BCUT2D eigenvalue weighted by Crippen LogP contribution is -2.29. The summed E-state index contributed by atoms with van der Waals surface area (Å²) in [6.45, 7) is 1.94. The van der Waals surface area contributed by atoms with Crippen molar-refractivity contribution in [2.45, 2.75) is 19.4 Å². The molecule has 26 heavy (non-hydrogen) atoms. The van der Waals surface area contributed by atoms with Gasteiger partial charge < -0.3 is 19.7 Å². The van der Waals surface area contributed by atoms with Crippen LogP contribution in [-0.4, -0.2) is 50.1 Å². The van der Waals surface area contributed by atoms with E-state index in [0.717, 1.165) is 5.69 Å². The average molecular weight is 357 g/mol. The third kappa shape index (κ3) is 2.83. The molecule has 1 aromatic carbocycles. The molecule has 2 aromatic rings. The van der Waals surface area contributed by atoms with Crippen molar-refractivity contribution < 1.29 is 23.9 Å². The van der Waals surface area contributed by atoms with Crippen molar-refractivity contribution in [1.29, 1.82) is 0 Å². The van der Waals surface area contributed by atoms with Crippen LogP contribution in [0.3, 0.4) is 0 Å². The second kappa shape index (κ2) is 6.62. The Hall–Kier alpha value is -3.16. The Labute approximate surface area is 150 Å². The third-order valence-electron chi connectivity index (χ3n) is 4.55. The number of benzene rings is 1. The summed E-state index contributed by atoms with van der Waals surface area (Å²) in [6.07, 6.45) is 0.313. The first-order chi connectivity index (χ1) is 12.4. The Bertz CT molecular complexity index is 925. The van der Waals surface area contributed by atoms with E-state index in [1.165, 1.54) is 20.3 Å². The lowest BCUT2D eigenvalue weighted by Gasteiger charge is -2.25. The molecule has 0 radical (unpaired) electrons. The van der Waals surface area contributed by atoms with Crippen LogP contribution in [0.2, 0.25) is 0 Å². The van der Waals surface area contributed by atoms with Crippen molar-refractivity contribution in [2.24, 2.45) is 0 Å². The van der Waals surface area contributed by atoms with Gasteiger partial charge in [0, 0.05) is 24.9 Å². The fourth-order valence-corrected chi connectivity index (χ4v) is 3.02. The minimum atomic E-state index is -0.684. The second-order valence-corrected chi connectivity index (χ2v) is 6.11. The summed E-state index contributed by atoms with van der Waals surface area (Å²) in [4.78, 5) is 42.8. The minimum Gasteiger partial charge on any atom is -0.465 e. The van der Waals surface area contributed by atoms with Crippen molar-refractivity contribution in [1.82, 2.24) is 4.98 Å². The highest BCUT2D eigenvalue weighted by atomic mass is 16.5. The highest BCUT2D eigenvalue weighted by Gasteiger charge is 2.27. The average Bonchev–Trinajstić information content (AvgIpc) is 2.75. The number of anilines is 2. The summed E-state index contributed by atoms with van der Waals surface area (Å²) in [5.41, 5.74) is 1.68. The standard InChI is InChI=1S/C18H19N3O5/c1-9-7-14(22)20-16-13(21(9)2)6-5-10-11(17(23)25-3)8-12(18(24)26-4)19-15(10)16/h5-6,8-9H,7H2,1-4H3,(H,20,22). The number of nitrogens with zero attached hydrogens (tertiary/aromatic N) is 2. The van der Waals surface area contributed by atoms with Crippen molar-refractivity contribution in [3.05, 3.63) is 29.5 Å². The van der Waals surface area contributed by atoms with Crippen LogP contribution in [0.15, 0.2) is 18.2 Å². The summed E-state index contributed by atoms with van der Waals surface area (Å²) >= 11 is 0. The number of ether oxygens (including phenoxy) is 2. The zero-order valence-corrected chi connectivity index (χ0v) is 15.0. The van der Waals surface area contributed by atoms with Crippen molar-refractivity contribution in [3.8, 4) is 0 Å². The van der Waals surface area contributed by atoms with Gasteiger partial charge in [-0.3, -0.25) is 4.79 Å². The minimum absolute atomic E-state index is 0.0161. The van der Waals surface area contributed by atoms with Gasteiger partial charge in [-0.2, -0.15) is 0 Å². The summed E-state index contributed by atoms with van der Waals surface area (Å²) < 4.78 is 9.55. The molecule has 8 nitrogen and oxygen atoms in total. The van der Waals surface area contributed by atoms with Gasteiger partial charge in [-0.1, -0.05) is 0 Å². The van der Waals surface area contributed by atoms with Gasteiger partial charge >= 0.3 is 11.9 Å². The first-order valence-corrected chi connectivity index (χ1v) is 8.04.